The first kappa shape index (κ1) is 16.1. The average molecular weight is 352 g/mol. The van der Waals surface area contributed by atoms with Gasteiger partial charge in [0.05, 0.1) is 5.75 Å². The quantitative estimate of drug-likeness (QED) is 0.674. The third kappa shape index (κ3) is 4.35. The van der Waals surface area contributed by atoms with Gasteiger partial charge >= 0.3 is 0 Å². The molecule has 0 saturated carbocycles. The highest BCUT2D eigenvalue weighted by Crippen LogP contribution is 2.18. The van der Waals surface area contributed by atoms with Crippen molar-refractivity contribution in [1.82, 2.24) is 25.0 Å². The Morgan fingerprint density at radius 2 is 2.04 bits per heavy atom. The van der Waals surface area contributed by atoms with Crippen molar-refractivity contribution in [3.8, 4) is 0 Å². The van der Waals surface area contributed by atoms with E-state index in [0.717, 1.165) is 30.0 Å². The maximum Gasteiger partial charge on any atom is 0.277 e. The van der Waals surface area contributed by atoms with Crippen LogP contribution in [0.4, 0.5) is 14.5 Å². The summed E-state index contributed by atoms with van der Waals surface area (Å²) in [5.41, 5.74) is 0.0375. The van der Waals surface area contributed by atoms with Gasteiger partial charge in [0.25, 0.3) is 5.22 Å². The van der Waals surface area contributed by atoms with E-state index in [4.69, 9.17) is 4.42 Å². The third-order valence-electron chi connectivity index (χ3n) is 2.69. The Morgan fingerprint density at radius 1 is 1.25 bits per heavy atom. The lowest BCUT2D eigenvalue weighted by Gasteiger charge is -2.04. The molecule has 1 aromatic carbocycles. The number of nitrogens with zero attached hydrogens (tertiary/aromatic N) is 5. The van der Waals surface area contributed by atoms with Crippen LogP contribution in [0.15, 0.2) is 40.5 Å². The number of hydrogen-bond acceptors (Lipinski definition) is 7. The fraction of sp³-hybridized carbons (Fsp3) is 0.154. The number of aromatic nitrogens is 5. The SMILES string of the molecule is O=C(CSc1nnc(Cn2cncn2)o1)Nc1cc(F)cc(F)c1. The number of carbonyl (C=O) groups is 1. The van der Waals surface area contributed by atoms with Gasteiger partial charge in [-0.3, -0.25) is 4.79 Å². The number of hydrogen-bond donors (Lipinski definition) is 1. The Labute approximate surface area is 138 Å². The predicted octanol–water partition coefficient (Wildman–Crippen LogP) is 1.72. The maximum atomic E-state index is 13.0. The smallest absolute Gasteiger partial charge is 0.277 e. The van der Waals surface area contributed by atoms with Crippen molar-refractivity contribution in [3.63, 3.8) is 0 Å². The molecule has 124 valence electrons. The second-order valence-electron chi connectivity index (χ2n) is 4.55. The molecule has 0 radical (unpaired) electrons. The summed E-state index contributed by atoms with van der Waals surface area (Å²) in [5, 5.41) is 14.1. The molecule has 0 fully saturated rings. The van der Waals surface area contributed by atoms with E-state index in [-0.39, 0.29) is 23.2 Å². The van der Waals surface area contributed by atoms with Gasteiger partial charge in [-0.1, -0.05) is 11.8 Å². The molecule has 0 saturated heterocycles. The van der Waals surface area contributed by atoms with Gasteiger partial charge in [-0.2, -0.15) is 5.10 Å². The fourth-order valence-electron chi connectivity index (χ4n) is 1.76. The number of halogens is 2. The Bertz CT molecular complexity index is 819. The van der Waals surface area contributed by atoms with E-state index in [0.29, 0.717) is 5.89 Å². The summed E-state index contributed by atoms with van der Waals surface area (Å²) in [5.74, 6) is -1.74. The second-order valence-corrected chi connectivity index (χ2v) is 5.48. The van der Waals surface area contributed by atoms with Gasteiger partial charge in [-0.15, -0.1) is 10.2 Å². The Hall–Kier alpha value is -2.82. The lowest BCUT2D eigenvalue weighted by molar-refractivity contribution is -0.113. The van der Waals surface area contributed by atoms with Crippen LogP contribution in [0.3, 0.4) is 0 Å². The largest absolute Gasteiger partial charge is 0.414 e. The van der Waals surface area contributed by atoms with Crippen LogP contribution in [0.2, 0.25) is 0 Å². The summed E-state index contributed by atoms with van der Waals surface area (Å²) < 4.78 is 32.9. The number of carbonyl (C=O) groups excluding carboxylic acids is 1. The molecular formula is C13H10F2N6O2S. The topological polar surface area (TPSA) is 98.7 Å². The number of anilines is 1. The van der Waals surface area contributed by atoms with E-state index < -0.39 is 17.5 Å². The molecule has 0 bridgehead atoms. The highest BCUT2D eigenvalue weighted by atomic mass is 32.2. The first-order chi connectivity index (χ1) is 11.6. The van der Waals surface area contributed by atoms with E-state index in [1.807, 2.05) is 0 Å². The van der Waals surface area contributed by atoms with Crippen LogP contribution in [0.5, 0.6) is 0 Å². The molecule has 1 amide bonds. The molecule has 0 atom stereocenters. The molecule has 0 aliphatic heterocycles. The fourth-order valence-corrected chi connectivity index (χ4v) is 2.34. The highest BCUT2D eigenvalue weighted by molar-refractivity contribution is 7.99. The van der Waals surface area contributed by atoms with Crippen molar-refractivity contribution in [2.24, 2.45) is 0 Å². The Balaban J connectivity index is 1.52. The molecule has 0 spiro atoms. The molecule has 8 nitrogen and oxygen atoms in total. The van der Waals surface area contributed by atoms with Crippen LogP contribution in [0, 0.1) is 11.6 Å². The second kappa shape index (κ2) is 7.17. The molecular weight excluding hydrogens is 342 g/mol. The predicted molar refractivity (Wildman–Crippen MR) is 79.1 cm³/mol. The Morgan fingerprint density at radius 3 is 2.75 bits per heavy atom. The van der Waals surface area contributed by atoms with Gasteiger partial charge in [0, 0.05) is 11.8 Å². The summed E-state index contributed by atoms with van der Waals surface area (Å²) in [7, 11) is 0. The molecule has 3 rings (SSSR count). The minimum absolute atomic E-state index is 0.0375. The van der Waals surface area contributed by atoms with E-state index in [9.17, 15) is 13.6 Å². The number of thioether (sulfide) groups is 1. The number of nitrogens with one attached hydrogen (secondary N) is 1. The van der Waals surface area contributed by atoms with Crippen LogP contribution in [-0.4, -0.2) is 36.6 Å². The van der Waals surface area contributed by atoms with E-state index >= 15 is 0 Å². The lowest BCUT2D eigenvalue weighted by atomic mass is 10.3. The summed E-state index contributed by atoms with van der Waals surface area (Å²) in [6, 6.07) is 2.77. The Kier molecular flexibility index (Phi) is 4.79. The molecule has 11 heteroatoms. The number of amides is 1. The van der Waals surface area contributed by atoms with E-state index in [1.165, 1.54) is 17.3 Å². The van der Waals surface area contributed by atoms with Gasteiger partial charge in [-0.25, -0.2) is 18.4 Å². The molecule has 3 aromatic rings. The van der Waals surface area contributed by atoms with Crippen LogP contribution >= 0.6 is 11.8 Å². The first-order valence-corrected chi connectivity index (χ1v) is 7.60. The molecule has 2 heterocycles. The van der Waals surface area contributed by atoms with Crippen molar-refractivity contribution in [3.05, 3.63) is 48.4 Å². The third-order valence-corrected chi connectivity index (χ3v) is 3.50. The lowest BCUT2D eigenvalue weighted by Crippen LogP contribution is -2.14. The normalized spacial score (nSPS) is 10.8. The highest BCUT2D eigenvalue weighted by Gasteiger charge is 2.11. The monoisotopic (exact) mass is 352 g/mol. The van der Waals surface area contributed by atoms with Crippen molar-refractivity contribution >= 4 is 23.4 Å². The van der Waals surface area contributed by atoms with E-state index in [1.54, 1.807) is 0 Å². The van der Waals surface area contributed by atoms with Crippen LogP contribution in [0.1, 0.15) is 5.89 Å². The summed E-state index contributed by atoms with van der Waals surface area (Å²) in [6.45, 7) is 0.266. The van der Waals surface area contributed by atoms with Gasteiger partial charge in [0.1, 0.15) is 30.8 Å². The zero-order valence-electron chi connectivity index (χ0n) is 12.0. The summed E-state index contributed by atoms with van der Waals surface area (Å²) in [4.78, 5) is 15.6. The summed E-state index contributed by atoms with van der Waals surface area (Å²) >= 11 is 1.00. The van der Waals surface area contributed by atoms with Gasteiger partial charge in [0.2, 0.25) is 11.8 Å². The minimum atomic E-state index is -0.771. The van der Waals surface area contributed by atoms with Crippen LogP contribution in [-0.2, 0) is 11.3 Å². The van der Waals surface area contributed by atoms with Crippen LogP contribution in [0.25, 0.3) is 0 Å². The van der Waals surface area contributed by atoms with E-state index in [2.05, 4.69) is 25.6 Å². The first-order valence-electron chi connectivity index (χ1n) is 6.62. The average Bonchev–Trinajstić information content (AvgIpc) is 3.16. The standard InChI is InChI=1S/C13H10F2N6O2S/c14-8-1-9(15)3-10(2-8)18-11(22)5-24-13-20-19-12(23-13)4-21-7-16-6-17-21/h1-3,6-7H,4-5H2,(H,18,22). The van der Waals surface area contributed by atoms with Gasteiger partial charge < -0.3 is 9.73 Å². The van der Waals surface area contributed by atoms with Crippen molar-refractivity contribution in [2.45, 2.75) is 11.8 Å². The van der Waals surface area contributed by atoms with Crippen molar-refractivity contribution in [1.29, 1.82) is 0 Å². The molecule has 24 heavy (non-hydrogen) atoms. The van der Waals surface area contributed by atoms with Crippen molar-refractivity contribution < 1.29 is 18.0 Å². The minimum Gasteiger partial charge on any atom is -0.414 e. The molecule has 0 aliphatic rings. The van der Waals surface area contributed by atoms with Crippen LogP contribution < -0.4 is 5.32 Å². The number of benzene rings is 1. The number of rotatable bonds is 6. The molecule has 2 aromatic heterocycles. The van der Waals surface area contributed by atoms with Gasteiger partial charge in [-0.05, 0) is 12.1 Å². The maximum absolute atomic E-state index is 13.0. The zero-order chi connectivity index (χ0) is 16.9. The molecule has 1 N–H and O–H groups in total. The zero-order valence-corrected chi connectivity index (χ0v) is 12.8. The molecule has 0 aliphatic carbocycles. The summed E-state index contributed by atoms with van der Waals surface area (Å²) in [6.07, 6.45) is 2.88. The van der Waals surface area contributed by atoms with Gasteiger partial charge in [0.15, 0.2) is 0 Å². The van der Waals surface area contributed by atoms with Crippen molar-refractivity contribution in [2.75, 3.05) is 11.1 Å². The molecule has 0 unspecified atom stereocenters.